The van der Waals surface area contributed by atoms with E-state index in [9.17, 15) is 0 Å². The molecular formula is C56H44B2N2. The smallest absolute Gasteiger partial charge is 0.403 e. The molecule has 60 heavy (non-hydrogen) atoms. The van der Waals surface area contributed by atoms with Gasteiger partial charge in [-0.3, -0.25) is 0 Å². The summed E-state index contributed by atoms with van der Waals surface area (Å²) in [5.41, 5.74) is 14.8. The summed E-state index contributed by atoms with van der Waals surface area (Å²) >= 11 is 0. The van der Waals surface area contributed by atoms with Crippen molar-refractivity contribution in [2.75, 3.05) is 9.53 Å². The van der Waals surface area contributed by atoms with Crippen molar-refractivity contribution in [3.63, 3.8) is 0 Å². The van der Waals surface area contributed by atoms with E-state index in [-0.39, 0.29) is 13.8 Å². The Balaban J connectivity index is 0.000000154. The molecule has 4 heteroatoms. The van der Waals surface area contributed by atoms with Crippen LogP contribution in [0.2, 0.25) is 0 Å². The van der Waals surface area contributed by atoms with Gasteiger partial charge in [0.1, 0.15) is 0 Å². The molecule has 0 unspecified atom stereocenters. The Bertz CT molecular complexity index is 2440. The molecule has 0 fully saturated rings. The van der Waals surface area contributed by atoms with Crippen LogP contribution in [0.1, 0.15) is 0 Å². The van der Waals surface area contributed by atoms with Crippen LogP contribution in [0.3, 0.4) is 0 Å². The quantitative estimate of drug-likeness (QED) is 0.142. The SMILES string of the molecule is C1=CN(c2ccccc2)B(c2ccccc2)N(c2ccccc2)B1c1ccccc1.c1ccc(-c2cc(-c3ccccc3)c(-c3ccccc3)cc2-c2ccccc2)cc1. The van der Waals surface area contributed by atoms with Gasteiger partial charge in [0.2, 0.25) is 0 Å². The number of benzene rings is 9. The Morgan fingerprint density at radius 2 is 0.583 bits per heavy atom. The fourth-order valence-corrected chi connectivity index (χ4v) is 8.26. The Labute approximate surface area is 355 Å². The minimum atomic E-state index is 0.0335. The van der Waals surface area contributed by atoms with Gasteiger partial charge in [0.25, 0.3) is 0 Å². The van der Waals surface area contributed by atoms with Crippen molar-refractivity contribution in [3.8, 4) is 44.5 Å². The molecule has 2 nitrogen and oxygen atoms in total. The van der Waals surface area contributed by atoms with Crippen LogP contribution in [0, 0.1) is 0 Å². The number of rotatable bonds is 8. The van der Waals surface area contributed by atoms with Gasteiger partial charge in [-0.15, -0.1) is 0 Å². The molecule has 0 atom stereocenters. The van der Waals surface area contributed by atoms with E-state index in [2.05, 4.69) is 276 Å². The number of nitrogens with zero attached hydrogens (tertiary/aromatic N) is 2. The van der Waals surface area contributed by atoms with Crippen LogP contribution in [-0.2, 0) is 0 Å². The largest absolute Gasteiger partial charge is 0.430 e. The first-order valence-electron chi connectivity index (χ1n) is 20.7. The molecule has 1 heterocycles. The summed E-state index contributed by atoms with van der Waals surface area (Å²) in [5.74, 6) is 2.30. The predicted octanol–water partition coefficient (Wildman–Crippen LogP) is 12.7. The maximum absolute atomic E-state index is 2.51. The van der Waals surface area contributed by atoms with Crippen LogP contribution in [0.15, 0.2) is 267 Å². The third-order valence-electron chi connectivity index (χ3n) is 11.1. The lowest BCUT2D eigenvalue weighted by Gasteiger charge is -2.44. The molecule has 9 aromatic carbocycles. The van der Waals surface area contributed by atoms with Gasteiger partial charge in [-0.05, 0) is 92.6 Å². The lowest BCUT2D eigenvalue weighted by atomic mass is 9.43. The highest BCUT2D eigenvalue weighted by atomic mass is 15.2. The normalized spacial score (nSPS) is 12.1. The van der Waals surface area contributed by atoms with Crippen LogP contribution in [0.25, 0.3) is 44.5 Å². The zero-order valence-corrected chi connectivity index (χ0v) is 33.5. The molecule has 0 saturated carbocycles. The van der Waals surface area contributed by atoms with Crippen LogP contribution in [0.4, 0.5) is 11.4 Å². The van der Waals surface area contributed by atoms with Crippen molar-refractivity contribution in [1.82, 2.24) is 0 Å². The molecule has 0 aromatic heterocycles. The minimum absolute atomic E-state index is 0.0335. The highest BCUT2D eigenvalue weighted by molar-refractivity contribution is 6.99. The molecule has 0 amide bonds. The standard InChI is InChI=1S/C30H22.C26H22B2N2/c1-5-13-23(14-6-1)27-21-29(25-17-9-3-10-18-25)30(26-19-11-4-12-20-26)22-28(27)24-15-7-2-8-16-24;1-5-13-23(14-6-1)27-21-22-29(25-17-9-3-10-18-25)28(24-15-7-2-8-16-24)30(27)26-19-11-4-12-20-26/h2*1-22H. The van der Waals surface area contributed by atoms with Gasteiger partial charge in [-0.2, -0.15) is 0 Å². The first-order chi connectivity index (χ1) is 29.8. The molecular weight excluding hydrogens is 722 g/mol. The van der Waals surface area contributed by atoms with Crippen molar-refractivity contribution in [1.29, 1.82) is 0 Å². The summed E-state index contributed by atoms with van der Waals surface area (Å²) in [6.45, 7) is 0.171. The average molecular weight is 767 g/mol. The minimum Gasteiger partial charge on any atom is -0.430 e. The maximum atomic E-state index is 2.51. The van der Waals surface area contributed by atoms with Gasteiger partial charge in [-0.1, -0.05) is 230 Å². The number of para-hydroxylation sites is 2. The Kier molecular flexibility index (Phi) is 11.6. The first kappa shape index (κ1) is 38.0. The molecule has 9 aromatic rings. The Morgan fingerprint density at radius 3 is 0.950 bits per heavy atom. The zero-order chi connectivity index (χ0) is 40.4. The van der Waals surface area contributed by atoms with E-state index in [0.717, 1.165) is 0 Å². The summed E-state index contributed by atoms with van der Waals surface area (Å²) in [7, 11) is 0. The molecule has 0 saturated heterocycles. The van der Waals surface area contributed by atoms with Gasteiger partial charge < -0.3 is 9.53 Å². The van der Waals surface area contributed by atoms with Crippen LogP contribution < -0.4 is 20.5 Å². The summed E-state index contributed by atoms with van der Waals surface area (Å²) in [6, 6.07) is 90.2. The summed E-state index contributed by atoms with van der Waals surface area (Å²) in [5, 5.41) is 0. The molecule has 0 radical (unpaired) electrons. The maximum Gasteiger partial charge on any atom is 0.403 e. The summed E-state index contributed by atoms with van der Waals surface area (Å²) in [6.07, 6.45) is 2.24. The van der Waals surface area contributed by atoms with Crippen LogP contribution in [-0.4, -0.2) is 13.8 Å². The van der Waals surface area contributed by atoms with E-state index in [1.54, 1.807) is 0 Å². The highest BCUT2D eigenvalue weighted by Gasteiger charge is 2.41. The fraction of sp³-hybridized carbons (Fsp3) is 0. The zero-order valence-electron chi connectivity index (χ0n) is 33.5. The molecule has 0 aliphatic carbocycles. The summed E-state index contributed by atoms with van der Waals surface area (Å²) < 4.78 is 2.51. The van der Waals surface area contributed by atoms with Gasteiger partial charge in [0.05, 0.1) is 0 Å². The number of anilines is 2. The van der Waals surface area contributed by atoms with E-state index in [1.165, 1.54) is 66.8 Å². The highest BCUT2D eigenvalue weighted by Crippen LogP contribution is 2.42. The van der Waals surface area contributed by atoms with Crippen molar-refractivity contribution in [2.24, 2.45) is 0 Å². The molecule has 10 rings (SSSR count). The summed E-state index contributed by atoms with van der Waals surface area (Å²) in [4.78, 5) is 2.36. The monoisotopic (exact) mass is 766 g/mol. The van der Waals surface area contributed by atoms with Crippen LogP contribution in [0.5, 0.6) is 0 Å². The Morgan fingerprint density at radius 1 is 0.283 bits per heavy atom. The molecule has 284 valence electrons. The van der Waals surface area contributed by atoms with E-state index >= 15 is 0 Å². The molecule has 0 spiro atoms. The lowest BCUT2D eigenvalue weighted by Crippen LogP contribution is -2.68. The third kappa shape index (κ3) is 8.36. The lowest BCUT2D eigenvalue weighted by molar-refractivity contribution is 1.31. The average Bonchev–Trinajstić information content (AvgIpc) is 3.35. The van der Waals surface area contributed by atoms with Gasteiger partial charge in [-0.25, -0.2) is 0 Å². The molecule has 0 N–H and O–H groups in total. The number of hydrogen-bond donors (Lipinski definition) is 0. The fourth-order valence-electron chi connectivity index (χ4n) is 8.26. The second-order valence-electron chi connectivity index (χ2n) is 14.9. The van der Waals surface area contributed by atoms with E-state index in [4.69, 9.17) is 0 Å². The van der Waals surface area contributed by atoms with Crippen molar-refractivity contribution < 1.29 is 0 Å². The second-order valence-corrected chi connectivity index (χ2v) is 14.9. The first-order valence-corrected chi connectivity index (χ1v) is 20.7. The van der Waals surface area contributed by atoms with Gasteiger partial charge in [0.15, 0.2) is 0 Å². The third-order valence-corrected chi connectivity index (χ3v) is 11.1. The molecule has 1 aliphatic heterocycles. The molecule has 1 aliphatic rings. The Hall–Kier alpha value is -7.55. The second kappa shape index (κ2) is 18.4. The van der Waals surface area contributed by atoms with Crippen molar-refractivity contribution >= 4 is 36.1 Å². The van der Waals surface area contributed by atoms with E-state index in [1.807, 2.05) is 0 Å². The van der Waals surface area contributed by atoms with Crippen LogP contribution >= 0.6 is 0 Å². The van der Waals surface area contributed by atoms with Crippen molar-refractivity contribution in [3.05, 3.63) is 267 Å². The van der Waals surface area contributed by atoms with E-state index < -0.39 is 0 Å². The molecule has 0 bridgehead atoms. The predicted molar refractivity (Wildman–Crippen MR) is 259 cm³/mol. The number of hydrogen-bond acceptors (Lipinski definition) is 2. The van der Waals surface area contributed by atoms with E-state index in [0.29, 0.717) is 0 Å². The topological polar surface area (TPSA) is 6.48 Å². The van der Waals surface area contributed by atoms with Gasteiger partial charge >= 0.3 is 13.8 Å². The van der Waals surface area contributed by atoms with Gasteiger partial charge in [0, 0.05) is 11.4 Å². The van der Waals surface area contributed by atoms with Crippen molar-refractivity contribution in [2.45, 2.75) is 0 Å².